The maximum atomic E-state index is 11.3. The zero-order valence-corrected chi connectivity index (χ0v) is 10.2. The van der Waals surface area contributed by atoms with Crippen LogP contribution in [-0.4, -0.2) is 40.6 Å². The molecule has 0 aliphatic rings. The van der Waals surface area contributed by atoms with Crippen molar-refractivity contribution in [2.24, 2.45) is 0 Å². The van der Waals surface area contributed by atoms with Crippen LogP contribution in [0.2, 0.25) is 0 Å². The highest BCUT2D eigenvalue weighted by atomic mass is 79.9. The summed E-state index contributed by atoms with van der Waals surface area (Å²) < 4.78 is 30.5. The summed E-state index contributed by atoms with van der Waals surface area (Å²) in [5, 5.41) is 0. The minimum atomic E-state index is -3.10. The SMILES string of the molecule is COCCOP(=O)(Br)OCCOC. The van der Waals surface area contributed by atoms with Gasteiger partial charge >= 0.3 is 6.30 Å². The summed E-state index contributed by atoms with van der Waals surface area (Å²) in [5.41, 5.74) is 0. The monoisotopic (exact) mass is 276 g/mol. The molecule has 0 fully saturated rings. The molecule has 0 saturated carbocycles. The molecule has 13 heavy (non-hydrogen) atoms. The second-order valence-electron chi connectivity index (χ2n) is 2.08. The van der Waals surface area contributed by atoms with Gasteiger partial charge in [0.1, 0.15) is 0 Å². The van der Waals surface area contributed by atoms with Crippen LogP contribution in [0.5, 0.6) is 0 Å². The largest absolute Gasteiger partial charge is 0.396 e. The normalized spacial score (nSPS) is 11.9. The van der Waals surface area contributed by atoms with E-state index in [0.29, 0.717) is 13.2 Å². The summed E-state index contributed by atoms with van der Waals surface area (Å²) in [4.78, 5) is 0. The fourth-order valence-corrected chi connectivity index (χ4v) is 2.02. The third-order valence-corrected chi connectivity index (χ3v) is 3.28. The third-order valence-electron chi connectivity index (χ3n) is 1.07. The lowest BCUT2D eigenvalue weighted by molar-refractivity contribution is 0.114. The van der Waals surface area contributed by atoms with Gasteiger partial charge in [-0.1, -0.05) is 0 Å². The van der Waals surface area contributed by atoms with Gasteiger partial charge in [0.2, 0.25) is 0 Å². The van der Waals surface area contributed by atoms with E-state index in [-0.39, 0.29) is 13.2 Å². The molecule has 0 radical (unpaired) electrons. The van der Waals surface area contributed by atoms with E-state index in [1.165, 1.54) is 14.2 Å². The van der Waals surface area contributed by atoms with Crippen molar-refractivity contribution in [1.82, 2.24) is 0 Å². The molecule has 5 nitrogen and oxygen atoms in total. The molecule has 0 aromatic carbocycles. The van der Waals surface area contributed by atoms with E-state index in [0.717, 1.165) is 0 Å². The van der Waals surface area contributed by atoms with E-state index in [1.54, 1.807) is 0 Å². The topological polar surface area (TPSA) is 54.0 Å². The third kappa shape index (κ3) is 8.87. The Morgan fingerprint density at radius 1 is 1.00 bits per heavy atom. The molecule has 0 spiro atoms. The van der Waals surface area contributed by atoms with Crippen LogP contribution >= 0.6 is 21.8 Å². The number of hydrogen-bond acceptors (Lipinski definition) is 5. The molecule has 0 N–H and O–H groups in total. The van der Waals surface area contributed by atoms with Gasteiger partial charge in [-0.05, 0) is 0 Å². The Bertz CT molecular complexity index is 151. The van der Waals surface area contributed by atoms with Crippen LogP contribution < -0.4 is 0 Å². The zero-order valence-electron chi connectivity index (χ0n) is 7.69. The van der Waals surface area contributed by atoms with Crippen molar-refractivity contribution in [1.29, 1.82) is 0 Å². The first kappa shape index (κ1) is 13.5. The van der Waals surface area contributed by atoms with Crippen LogP contribution in [0.1, 0.15) is 0 Å². The van der Waals surface area contributed by atoms with E-state index in [1.807, 2.05) is 0 Å². The number of methoxy groups -OCH3 is 2. The van der Waals surface area contributed by atoms with Crippen molar-refractivity contribution < 1.29 is 23.1 Å². The summed E-state index contributed by atoms with van der Waals surface area (Å²) in [6, 6.07) is 0. The van der Waals surface area contributed by atoms with Gasteiger partial charge in [-0.25, -0.2) is 4.57 Å². The van der Waals surface area contributed by atoms with Crippen LogP contribution in [0.15, 0.2) is 0 Å². The zero-order chi connectivity index (χ0) is 10.2. The second-order valence-corrected chi connectivity index (χ2v) is 6.07. The highest BCUT2D eigenvalue weighted by molar-refractivity contribution is 9.39. The molecule has 0 rings (SSSR count). The Labute approximate surface area is 86.0 Å². The highest BCUT2D eigenvalue weighted by Gasteiger charge is 2.18. The van der Waals surface area contributed by atoms with Gasteiger partial charge in [-0.2, -0.15) is 0 Å². The molecule has 0 aliphatic carbocycles. The molecule has 0 amide bonds. The van der Waals surface area contributed by atoms with Gasteiger partial charge in [0, 0.05) is 29.7 Å². The number of hydrogen-bond donors (Lipinski definition) is 0. The Morgan fingerprint density at radius 2 is 1.38 bits per heavy atom. The second kappa shape index (κ2) is 7.91. The van der Waals surface area contributed by atoms with Crippen LogP contribution in [0.25, 0.3) is 0 Å². The van der Waals surface area contributed by atoms with Gasteiger partial charge in [-0.15, -0.1) is 0 Å². The molecule has 0 aromatic heterocycles. The fraction of sp³-hybridized carbons (Fsp3) is 1.00. The summed E-state index contributed by atoms with van der Waals surface area (Å²) in [5.74, 6) is 0. The summed E-state index contributed by atoms with van der Waals surface area (Å²) in [6.45, 7) is 1.21. The molecule has 0 saturated heterocycles. The Balaban J connectivity index is 3.49. The molecular formula is C6H14BrO5P. The summed E-state index contributed by atoms with van der Waals surface area (Å²) in [7, 11) is 3.07. The van der Waals surface area contributed by atoms with E-state index in [2.05, 4.69) is 15.5 Å². The van der Waals surface area contributed by atoms with E-state index in [4.69, 9.17) is 18.5 Å². The molecular weight excluding hydrogens is 263 g/mol. The summed E-state index contributed by atoms with van der Waals surface area (Å²) in [6.07, 6.45) is -3.10. The lowest BCUT2D eigenvalue weighted by Gasteiger charge is -2.11. The van der Waals surface area contributed by atoms with Crippen molar-refractivity contribution in [2.75, 3.05) is 40.6 Å². The fourth-order valence-electron chi connectivity index (χ4n) is 0.497. The van der Waals surface area contributed by atoms with Crippen molar-refractivity contribution in [3.63, 3.8) is 0 Å². The first-order valence-electron chi connectivity index (χ1n) is 3.69. The van der Waals surface area contributed by atoms with Crippen molar-refractivity contribution >= 4 is 21.8 Å². The van der Waals surface area contributed by atoms with Crippen LogP contribution in [-0.2, 0) is 23.1 Å². The number of rotatable bonds is 8. The van der Waals surface area contributed by atoms with Crippen LogP contribution in [0.3, 0.4) is 0 Å². The molecule has 7 heteroatoms. The number of halogens is 1. The Hall–Kier alpha value is 0.550. The first-order valence-corrected chi connectivity index (χ1v) is 7.25. The van der Waals surface area contributed by atoms with E-state index < -0.39 is 6.30 Å². The predicted molar refractivity (Wildman–Crippen MR) is 52.2 cm³/mol. The van der Waals surface area contributed by atoms with Crippen LogP contribution in [0.4, 0.5) is 0 Å². The molecule has 80 valence electrons. The predicted octanol–water partition coefficient (Wildman–Crippen LogP) is 1.82. The van der Waals surface area contributed by atoms with Gasteiger partial charge < -0.3 is 9.47 Å². The van der Waals surface area contributed by atoms with Crippen molar-refractivity contribution in [3.05, 3.63) is 0 Å². The van der Waals surface area contributed by atoms with Gasteiger partial charge in [0.25, 0.3) is 0 Å². The first-order chi connectivity index (χ1) is 6.12. The molecule has 0 atom stereocenters. The Morgan fingerprint density at radius 3 is 1.69 bits per heavy atom. The Kier molecular flexibility index (Phi) is 8.24. The van der Waals surface area contributed by atoms with E-state index in [9.17, 15) is 4.57 Å². The molecule has 0 bridgehead atoms. The van der Waals surface area contributed by atoms with E-state index >= 15 is 0 Å². The van der Waals surface area contributed by atoms with Gasteiger partial charge in [0.05, 0.1) is 26.4 Å². The highest BCUT2D eigenvalue weighted by Crippen LogP contribution is 2.55. The lowest BCUT2D eigenvalue weighted by Crippen LogP contribution is -2.03. The molecule has 0 aromatic rings. The van der Waals surface area contributed by atoms with Crippen molar-refractivity contribution in [2.45, 2.75) is 0 Å². The van der Waals surface area contributed by atoms with Crippen LogP contribution in [0, 0.1) is 0 Å². The summed E-state index contributed by atoms with van der Waals surface area (Å²) >= 11 is 2.84. The minimum absolute atomic E-state index is 0.228. The number of ether oxygens (including phenoxy) is 2. The molecule has 0 heterocycles. The average Bonchev–Trinajstić information content (AvgIpc) is 2.05. The van der Waals surface area contributed by atoms with Gasteiger partial charge in [0.15, 0.2) is 0 Å². The maximum Gasteiger partial charge on any atom is 0.396 e. The average molecular weight is 277 g/mol. The molecule has 0 unspecified atom stereocenters. The van der Waals surface area contributed by atoms with Gasteiger partial charge in [-0.3, -0.25) is 9.05 Å². The molecule has 0 aliphatic heterocycles. The van der Waals surface area contributed by atoms with Crippen molar-refractivity contribution in [3.8, 4) is 0 Å². The minimum Gasteiger partial charge on any atom is -0.382 e. The maximum absolute atomic E-state index is 11.3. The quantitative estimate of drug-likeness (QED) is 0.500. The lowest BCUT2D eigenvalue weighted by atomic mass is 10.8. The smallest absolute Gasteiger partial charge is 0.382 e. The standard InChI is InChI=1S/C6H14BrO5P/c1-9-3-5-11-13(7,8)12-6-4-10-2/h3-6H2,1-2H3.